The second-order valence-electron chi connectivity index (χ2n) is 12.8. The Morgan fingerprint density at radius 2 is 1.51 bits per heavy atom. The molecule has 0 aliphatic heterocycles. The summed E-state index contributed by atoms with van der Waals surface area (Å²) in [6.07, 6.45) is 3.78. The van der Waals surface area contributed by atoms with E-state index in [0.717, 1.165) is 55.6 Å². The van der Waals surface area contributed by atoms with E-state index in [1.807, 2.05) is 60.9 Å². The minimum atomic E-state index is -2.10. The Morgan fingerprint density at radius 3 is 2.17 bits per heavy atom. The molecule has 0 N–H and O–H groups in total. The van der Waals surface area contributed by atoms with Crippen LogP contribution in [0.3, 0.4) is 0 Å². The average Bonchev–Trinajstić information content (AvgIpc) is 3.49. The molecule has 3 heterocycles. The Labute approximate surface area is 303 Å². The third-order valence-corrected chi connectivity index (χ3v) is 12.3. The molecule has 7 rings (SSSR count). The number of fused-ring (bicyclic) bond motifs is 3. The molecule has 0 bridgehead atoms. The zero-order valence-corrected chi connectivity index (χ0v) is 31.6. The van der Waals surface area contributed by atoms with Crippen molar-refractivity contribution in [3.63, 3.8) is 0 Å². The number of nitrogens with zero attached hydrogens (tertiary/aromatic N) is 2. The normalized spacial score (nSPS) is 13.7. The Kier molecular flexibility index (Phi) is 8.39. The fraction of sp³-hybridized carbons (Fsp3) is 0.190. The van der Waals surface area contributed by atoms with Gasteiger partial charge in [0.25, 0.3) is 0 Å². The molecule has 0 aliphatic rings. The zero-order valence-electron chi connectivity index (χ0n) is 33.1. The van der Waals surface area contributed by atoms with Gasteiger partial charge >= 0.3 is 110 Å². The van der Waals surface area contributed by atoms with Crippen molar-refractivity contribution >= 4 is 39.6 Å². The number of rotatable bonds is 5. The van der Waals surface area contributed by atoms with Gasteiger partial charge < -0.3 is 9.40 Å². The maximum atomic E-state index is 7.56. The first-order valence-corrected chi connectivity index (χ1v) is 22.8. The molecule has 0 spiro atoms. The van der Waals surface area contributed by atoms with E-state index in [1.54, 1.807) is 24.3 Å². The molecule has 239 valence electrons. The number of aryl methyl sites for hydroxylation is 2. The van der Waals surface area contributed by atoms with Crippen LogP contribution in [0.25, 0.3) is 55.6 Å². The minimum absolute atomic E-state index is 0. The molecular weight excluding hydrogens is 813 g/mol. The van der Waals surface area contributed by atoms with E-state index in [2.05, 4.69) is 71.4 Å². The van der Waals surface area contributed by atoms with Gasteiger partial charge in [-0.25, -0.2) is 0 Å². The van der Waals surface area contributed by atoms with Gasteiger partial charge in [-0.1, -0.05) is 78.4 Å². The standard InChI is InChI=1S/C27H22NO.C15H18GeN.Ir/c1-17(2)20-13-14-28-25(15-20)24-6-4-5-23-22-12-11-21(16-26(22)29-27(23)24)19-9-7-18(3)8-10-19;1-12-5-7-13(8-6-12)15-10-9-14(11-17-15)16(2,3)4;/h4-5,7-17H,1-3H3;5-7,9-11H,1-4H3;/q2*-1;/i3D3;1D3;. The van der Waals surface area contributed by atoms with Gasteiger partial charge in [0.15, 0.2) is 0 Å². The predicted octanol–water partition coefficient (Wildman–Crippen LogP) is 10.9. The first kappa shape index (κ1) is 27.2. The van der Waals surface area contributed by atoms with Gasteiger partial charge in [-0.3, -0.25) is 0 Å². The van der Waals surface area contributed by atoms with Crippen molar-refractivity contribution in [2.75, 3.05) is 0 Å². The van der Waals surface area contributed by atoms with Gasteiger partial charge in [-0.15, -0.1) is 18.2 Å². The van der Waals surface area contributed by atoms with Crippen molar-refractivity contribution in [2.45, 2.75) is 50.7 Å². The topological polar surface area (TPSA) is 38.9 Å². The van der Waals surface area contributed by atoms with Crippen molar-refractivity contribution in [3.8, 4) is 33.6 Å². The van der Waals surface area contributed by atoms with E-state index in [-0.39, 0.29) is 20.1 Å². The van der Waals surface area contributed by atoms with Gasteiger partial charge in [0, 0.05) is 35.8 Å². The Bertz CT molecular complexity index is 2270. The molecule has 0 aliphatic carbocycles. The van der Waals surface area contributed by atoms with E-state index in [9.17, 15) is 0 Å². The van der Waals surface area contributed by atoms with Crippen LogP contribution in [0.15, 0.2) is 114 Å². The van der Waals surface area contributed by atoms with Crippen LogP contribution < -0.4 is 4.40 Å². The van der Waals surface area contributed by atoms with Crippen LogP contribution in [-0.4, -0.2) is 23.2 Å². The second kappa shape index (κ2) is 14.5. The summed E-state index contributed by atoms with van der Waals surface area (Å²) in [5.74, 6) is 7.39. The van der Waals surface area contributed by atoms with Crippen molar-refractivity contribution < 1.29 is 32.7 Å². The van der Waals surface area contributed by atoms with Crippen LogP contribution in [0.5, 0.6) is 0 Å². The second-order valence-corrected chi connectivity index (χ2v) is 23.4. The van der Waals surface area contributed by atoms with Crippen molar-refractivity contribution in [1.82, 2.24) is 9.97 Å². The summed E-state index contributed by atoms with van der Waals surface area (Å²) >= 11 is -1.83. The molecule has 0 fully saturated rings. The Morgan fingerprint density at radius 1 is 0.745 bits per heavy atom. The van der Waals surface area contributed by atoms with E-state index >= 15 is 0 Å². The first-order valence-electron chi connectivity index (χ1n) is 18.4. The van der Waals surface area contributed by atoms with Gasteiger partial charge in [-0.2, -0.15) is 0 Å². The van der Waals surface area contributed by atoms with Crippen LogP contribution in [0.4, 0.5) is 0 Å². The fourth-order valence-electron chi connectivity index (χ4n) is 5.30. The Hall–Kier alpha value is -3.83. The number of hydrogen-bond donors (Lipinski definition) is 0. The number of hydrogen-bond acceptors (Lipinski definition) is 3. The van der Waals surface area contributed by atoms with Gasteiger partial charge in [0.05, 0.1) is 5.58 Å². The first-order chi connectivity index (χ1) is 24.5. The minimum Gasteiger partial charge on any atom is -0.501 e. The number of furan rings is 1. The average molecular weight is 860 g/mol. The number of aromatic nitrogens is 2. The predicted molar refractivity (Wildman–Crippen MR) is 196 cm³/mol. The molecule has 0 saturated heterocycles. The van der Waals surface area contributed by atoms with E-state index < -0.39 is 27.0 Å². The third kappa shape index (κ3) is 7.84. The summed E-state index contributed by atoms with van der Waals surface area (Å²) < 4.78 is 52.4. The molecule has 7 aromatic rings. The Balaban J connectivity index is 0.000000223. The van der Waals surface area contributed by atoms with Crippen molar-refractivity contribution in [3.05, 3.63) is 138 Å². The van der Waals surface area contributed by atoms with Crippen LogP contribution in [0.2, 0.25) is 17.3 Å². The van der Waals surface area contributed by atoms with Crippen LogP contribution in [0, 0.1) is 25.8 Å². The van der Waals surface area contributed by atoms with Crippen LogP contribution >= 0.6 is 0 Å². The number of benzene rings is 4. The summed E-state index contributed by atoms with van der Waals surface area (Å²) in [6.45, 7) is 0.147. The summed E-state index contributed by atoms with van der Waals surface area (Å²) in [6, 6.07) is 36.5. The summed E-state index contributed by atoms with van der Waals surface area (Å²) in [5, 5.41) is 2.05. The molecule has 3 aromatic heterocycles. The van der Waals surface area contributed by atoms with E-state index in [1.165, 1.54) is 16.0 Å². The van der Waals surface area contributed by atoms with E-state index in [0.29, 0.717) is 17.0 Å². The van der Waals surface area contributed by atoms with Crippen LogP contribution in [0.1, 0.15) is 44.7 Å². The van der Waals surface area contributed by atoms with Crippen molar-refractivity contribution in [1.29, 1.82) is 0 Å². The monoisotopic (exact) mass is 861 g/mol. The summed E-state index contributed by atoms with van der Waals surface area (Å²) in [7, 11) is 0. The maximum absolute atomic E-state index is 7.56. The molecular formula is C42H40GeIrN2O-2. The van der Waals surface area contributed by atoms with Crippen LogP contribution in [-0.2, 0) is 20.1 Å². The largest absolute Gasteiger partial charge is 0.501 e. The van der Waals surface area contributed by atoms with Crippen molar-refractivity contribution in [2.24, 2.45) is 0 Å². The van der Waals surface area contributed by atoms with Gasteiger partial charge in [0.2, 0.25) is 0 Å². The molecule has 5 heteroatoms. The SMILES string of the molecule is [2H]C([2H])([2H])c1c[c-]c(-c2cc[c]([Ge]([CH3])([CH3])[CH3])cn2)cc1.[2H]C([2H])([2H])c1ccc(-c2ccc3c(c2)oc2c(-c4cc(C(C)C)ccn4)[c-]ccc23)cc1.[Ir]. The van der Waals surface area contributed by atoms with Gasteiger partial charge in [-0.05, 0) is 41.7 Å². The molecule has 0 unspecified atom stereocenters. The summed E-state index contributed by atoms with van der Waals surface area (Å²) in [5.41, 5.74) is 8.68. The third-order valence-electron chi connectivity index (χ3n) is 8.08. The molecule has 1 radical (unpaired) electrons. The maximum Gasteiger partial charge on any atom is 0.121 e. The molecule has 3 nitrogen and oxygen atoms in total. The molecule has 47 heavy (non-hydrogen) atoms. The molecule has 0 amide bonds. The van der Waals surface area contributed by atoms with Gasteiger partial charge in [0.1, 0.15) is 5.58 Å². The molecule has 4 aromatic carbocycles. The quantitative estimate of drug-likeness (QED) is 0.128. The zero-order chi connectivity index (χ0) is 37.4. The summed E-state index contributed by atoms with van der Waals surface area (Å²) in [4.78, 5) is 9.05. The smallest absolute Gasteiger partial charge is 0.121 e. The number of pyridine rings is 2. The van der Waals surface area contributed by atoms with E-state index in [4.69, 9.17) is 12.6 Å². The molecule has 0 atom stereocenters. The molecule has 0 saturated carbocycles. The fourth-order valence-corrected chi connectivity index (χ4v) is 7.47.